The topological polar surface area (TPSA) is 58.1 Å². The van der Waals surface area contributed by atoms with Crippen molar-refractivity contribution in [2.24, 2.45) is 0 Å². The van der Waals surface area contributed by atoms with Gasteiger partial charge in [-0.15, -0.1) is 0 Å². The Morgan fingerprint density at radius 3 is 2.62 bits per heavy atom. The van der Waals surface area contributed by atoms with Gasteiger partial charge in [0, 0.05) is 23.6 Å². The first-order valence-corrected chi connectivity index (χ1v) is 7.57. The maximum Gasteiger partial charge on any atom is 0.272 e. The summed E-state index contributed by atoms with van der Waals surface area (Å²) in [5.41, 5.74) is 1.28. The van der Waals surface area contributed by atoms with Crippen molar-refractivity contribution in [3.05, 3.63) is 46.8 Å². The summed E-state index contributed by atoms with van der Waals surface area (Å²) >= 11 is 3.47. The van der Waals surface area contributed by atoms with E-state index in [0.29, 0.717) is 24.6 Å². The summed E-state index contributed by atoms with van der Waals surface area (Å²) in [6.45, 7) is 5.21. The number of carbonyl (C=O) groups excluding carboxylic acids is 1. The van der Waals surface area contributed by atoms with Gasteiger partial charge in [-0.1, -0.05) is 12.1 Å². The lowest BCUT2D eigenvalue weighted by Crippen LogP contribution is -2.31. The molecule has 5 nitrogen and oxygen atoms in total. The van der Waals surface area contributed by atoms with Crippen molar-refractivity contribution < 1.29 is 4.79 Å². The average molecular weight is 349 g/mol. The summed E-state index contributed by atoms with van der Waals surface area (Å²) in [6, 6.07) is 9.39. The zero-order valence-electron chi connectivity index (χ0n) is 12.0. The molecule has 0 aliphatic heterocycles. The standard InChI is InChI=1S/C15H17BrN4O/c1-3-20(4-2)15(21)13-9-14(18-10-17-13)19-12-8-6-5-7-11(12)16/h5-10H,3-4H2,1-2H3,(H,17,18,19). The minimum Gasteiger partial charge on any atom is -0.339 e. The fourth-order valence-electron chi connectivity index (χ4n) is 1.92. The molecule has 1 aromatic carbocycles. The summed E-state index contributed by atoms with van der Waals surface area (Å²) in [6.07, 6.45) is 1.40. The number of amides is 1. The van der Waals surface area contributed by atoms with Crippen molar-refractivity contribution >= 4 is 33.3 Å². The van der Waals surface area contributed by atoms with Gasteiger partial charge >= 0.3 is 0 Å². The Bertz CT molecular complexity index is 629. The quantitative estimate of drug-likeness (QED) is 0.898. The summed E-state index contributed by atoms with van der Waals surface area (Å²) in [7, 11) is 0. The van der Waals surface area contributed by atoms with Crippen LogP contribution in [0.5, 0.6) is 0 Å². The maximum absolute atomic E-state index is 12.3. The molecule has 0 spiro atoms. The molecule has 2 rings (SSSR count). The summed E-state index contributed by atoms with van der Waals surface area (Å²) in [4.78, 5) is 22.2. The van der Waals surface area contributed by atoms with Gasteiger partial charge in [0.2, 0.25) is 0 Å². The van der Waals surface area contributed by atoms with Crippen molar-refractivity contribution in [2.75, 3.05) is 18.4 Å². The van der Waals surface area contributed by atoms with Crippen LogP contribution >= 0.6 is 15.9 Å². The summed E-state index contributed by atoms with van der Waals surface area (Å²) in [5, 5.41) is 3.17. The molecule has 6 heteroatoms. The number of nitrogens with zero attached hydrogens (tertiary/aromatic N) is 3. The second-order valence-corrected chi connectivity index (χ2v) is 5.23. The molecule has 1 N–H and O–H groups in total. The van der Waals surface area contributed by atoms with Crippen molar-refractivity contribution in [1.82, 2.24) is 14.9 Å². The number of hydrogen-bond acceptors (Lipinski definition) is 4. The van der Waals surface area contributed by atoms with Crippen LogP contribution in [0, 0.1) is 0 Å². The van der Waals surface area contributed by atoms with Gasteiger partial charge < -0.3 is 10.2 Å². The van der Waals surface area contributed by atoms with E-state index in [-0.39, 0.29) is 5.91 Å². The van der Waals surface area contributed by atoms with Crippen LogP contribution in [0.1, 0.15) is 24.3 Å². The smallest absolute Gasteiger partial charge is 0.272 e. The predicted molar refractivity (Wildman–Crippen MR) is 86.7 cm³/mol. The van der Waals surface area contributed by atoms with Gasteiger partial charge in [0.15, 0.2) is 0 Å². The molecule has 0 saturated heterocycles. The van der Waals surface area contributed by atoms with E-state index >= 15 is 0 Å². The molecule has 1 heterocycles. The molecular formula is C15H17BrN4O. The van der Waals surface area contributed by atoms with Crippen molar-refractivity contribution in [1.29, 1.82) is 0 Å². The van der Waals surface area contributed by atoms with Crippen LogP contribution in [0.15, 0.2) is 41.1 Å². The lowest BCUT2D eigenvalue weighted by molar-refractivity contribution is 0.0767. The molecule has 0 unspecified atom stereocenters. The van der Waals surface area contributed by atoms with Crippen LogP contribution < -0.4 is 5.32 Å². The number of nitrogens with one attached hydrogen (secondary N) is 1. The number of hydrogen-bond donors (Lipinski definition) is 1. The van der Waals surface area contributed by atoms with E-state index in [1.807, 2.05) is 38.1 Å². The third kappa shape index (κ3) is 3.78. The number of aromatic nitrogens is 2. The van der Waals surface area contributed by atoms with E-state index in [1.54, 1.807) is 11.0 Å². The number of carbonyl (C=O) groups is 1. The average Bonchev–Trinajstić information content (AvgIpc) is 2.51. The molecule has 2 aromatic rings. The Morgan fingerprint density at radius 2 is 1.95 bits per heavy atom. The fourth-order valence-corrected chi connectivity index (χ4v) is 2.30. The van der Waals surface area contributed by atoms with E-state index in [4.69, 9.17) is 0 Å². The highest BCUT2D eigenvalue weighted by atomic mass is 79.9. The first-order chi connectivity index (χ1) is 10.2. The predicted octanol–water partition coefficient (Wildman–Crippen LogP) is 3.46. The Balaban J connectivity index is 2.22. The molecule has 0 aliphatic carbocycles. The number of halogens is 1. The van der Waals surface area contributed by atoms with E-state index in [9.17, 15) is 4.79 Å². The zero-order chi connectivity index (χ0) is 15.2. The zero-order valence-corrected chi connectivity index (χ0v) is 13.6. The normalized spacial score (nSPS) is 10.2. The van der Waals surface area contributed by atoms with Crippen LogP contribution in [0.2, 0.25) is 0 Å². The Labute approximate surface area is 132 Å². The lowest BCUT2D eigenvalue weighted by atomic mass is 10.3. The highest BCUT2D eigenvalue weighted by Gasteiger charge is 2.14. The summed E-state index contributed by atoms with van der Waals surface area (Å²) in [5.74, 6) is 0.505. The molecule has 1 aromatic heterocycles. The van der Waals surface area contributed by atoms with Crippen molar-refractivity contribution in [2.45, 2.75) is 13.8 Å². The molecule has 0 saturated carbocycles. The molecule has 21 heavy (non-hydrogen) atoms. The molecule has 0 radical (unpaired) electrons. The van der Waals surface area contributed by atoms with Gasteiger partial charge in [0.25, 0.3) is 5.91 Å². The Kier molecular flexibility index (Phi) is 5.27. The van der Waals surface area contributed by atoms with E-state index < -0.39 is 0 Å². The third-order valence-corrected chi connectivity index (χ3v) is 3.76. The van der Waals surface area contributed by atoms with Gasteiger partial charge in [0.1, 0.15) is 17.8 Å². The number of para-hydroxylation sites is 1. The maximum atomic E-state index is 12.3. The molecule has 0 aliphatic rings. The molecule has 0 fully saturated rings. The highest BCUT2D eigenvalue weighted by Crippen LogP contribution is 2.24. The van der Waals surface area contributed by atoms with Crippen LogP contribution in [0.4, 0.5) is 11.5 Å². The second kappa shape index (κ2) is 7.17. The molecule has 110 valence electrons. The van der Waals surface area contributed by atoms with Gasteiger partial charge in [-0.25, -0.2) is 9.97 Å². The van der Waals surface area contributed by atoms with E-state index in [2.05, 4.69) is 31.2 Å². The van der Waals surface area contributed by atoms with Crippen LogP contribution in [0.25, 0.3) is 0 Å². The van der Waals surface area contributed by atoms with Gasteiger partial charge in [-0.2, -0.15) is 0 Å². The van der Waals surface area contributed by atoms with Crippen molar-refractivity contribution in [3.8, 4) is 0 Å². The number of anilines is 2. The highest BCUT2D eigenvalue weighted by molar-refractivity contribution is 9.10. The second-order valence-electron chi connectivity index (χ2n) is 4.37. The SMILES string of the molecule is CCN(CC)C(=O)c1cc(Nc2ccccc2Br)ncn1. The summed E-state index contributed by atoms with van der Waals surface area (Å²) < 4.78 is 0.931. The Morgan fingerprint density at radius 1 is 1.24 bits per heavy atom. The minimum absolute atomic E-state index is 0.0856. The fraction of sp³-hybridized carbons (Fsp3) is 0.267. The largest absolute Gasteiger partial charge is 0.339 e. The monoisotopic (exact) mass is 348 g/mol. The van der Waals surface area contributed by atoms with E-state index in [1.165, 1.54) is 6.33 Å². The Hall–Kier alpha value is -1.95. The molecule has 1 amide bonds. The minimum atomic E-state index is -0.0856. The number of benzene rings is 1. The third-order valence-electron chi connectivity index (χ3n) is 3.07. The molecule has 0 atom stereocenters. The van der Waals surface area contributed by atoms with E-state index in [0.717, 1.165) is 10.2 Å². The molecule has 0 bridgehead atoms. The van der Waals surface area contributed by atoms with Gasteiger partial charge in [0.05, 0.1) is 5.69 Å². The first kappa shape index (κ1) is 15.4. The van der Waals surface area contributed by atoms with Gasteiger partial charge in [-0.05, 0) is 41.9 Å². The number of rotatable bonds is 5. The lowest BCUT2D eigenvalue weighted by Gasteiger charge is -2.18. The van der Waals surface area contributed by atoms with Gasteiger partial charge in [-0.3, -0.25) is 4.79 Å². The first-order valence-electron chi connectivity index (χ1n) is 6.78. The van der Waals surface area contributed by atoms with Crippen LogP contribution in [-0.4, -0.2) is 33.9 Å². The van der Waals surface area contributed by atoms with Crippen molar-refractivity contribution in [3.63, 3.8) is 0 Å². The molecular weight excluding hydrogens is 332 g/mol. The van der Waals surface area contributed by atoms with Crippen LogP contribution in [0.3, 0.4) is 0 Å². The van der Waals surface area contributed by atoms with Crippen LogP contribution in [-0.2, 0) is 0 Å².